The molecule has 0 aliphatic carbocycles. The van der Waals surface area contributed by atoms with Gasteiger partial charge in [-0.25, -0.2) is 0 Å². The second-order valence-corrected chi connectivity index (χ2v) is 12.8. The van der Waals surface area contributed by atoms with Crippen molar-refractivity contribution in [2.24, 2.45) is 0 Å². The average Bonchev–Trinajstić information content (AvgIpc) is 3.13. The molecule has 10 aromatic rings. The fourth-order valence-corrected chi connectivity index (χ4v) is 8.21. The Labute approximate surface area is 271 Å². The van der Waals surface area contributed by atoms with Gasteiger partial charge < -0.3 is 4.74 Å². The Hall–Kier alpha value is -6.18. The molecule has 0 unspecified atom stereocenters. The molecule has 216 valence electrons. The van der Waals surface area contributed by atoms with Crippen molar-refractivity contribution in [1.29, 1.82) is 0 Å². The molecule has 47 heavy (non-hydrogen) atoms. The Morgan fingerprint density at radius 2 is 0.915 bits per heavy atom. The largest absolute Gasteiger partial charge is 0.456 e. The van der Waals surface area contributed by atoms with Crippen molar-refractivity contribution in [3.63, 3.8) is 0 Å². The highest BCUT2D eigenvalue weighted by Gasteiger charge is 2.22. The van der Waals surface area contributed by atoms with E-state index in [1.807, 2.05) is 0 Å². The molecule has 0 bridgehead atoms. The van der Waals surface area contributed by atoms with Crippen molar-refractivity contribution in [2.45, 2.75) is 0 Å². The Morgan fingerprint density at radius 3 is 1.85 bits per heavy atom. The van der Waals surface area contributed by atoms with Crippen molar-refractivity contribution >= 4 is 64.6 Å². The standard InChI is InChI=1S/C46H26O/c1-2-10-34-33(6-1)26-43-46-37(34)12-5-13-38(46)41-25-32(20-23-42(41)47-43)31-17-14-27-7-4-11-35(40(27)24-31)36-21-18-30-16-15-28-8-3-9-29-19-22-39(36)45(30)44(28)29/h1-26H. The summed E-state index contributed by atoms with van der Waals surface area (Å²) >= 11 is 0. The summed E-state index contributed by atoms with van der Waals surface area (Å²) in [7, 11) is 0. The molecule has 0 amide bonds. The normalized spacial score (nSPS) is 12.4. The van der Waals surface area contributed by atoms with Crippen LogP contribution in [0.3, 0.4) is 0 Å². The van der Waals surface area contributed by atoms with E-state index in [4.69, 9.17) is 4.74 Å². The van der Waals surface area contributed by atoms with Gasteiger partial charge in [0, 0.05) is 10.9 Å². The fourth-order valence-electron chi connectivity index (χ4n) is 8.21. The van der Waals surface area contributed by atoms with Crippen LogP contribution in [0.1, 0.15) is 0 Å². The second kappa shape index (κ2) is 9.19. The Morgan fingerprint density at radius 1 is 0.277 bits per heavy atom. The van der Waals surface area contributed by atoms with Crippen molar-refractivity contribution in [3.8, 4) is 44.9 Å². The third-order valence-corrected chi connectivity index (χ3v) is 10.4. The van der Waals surface area contributed by atoms with E-state index in [1.165, 1.54) is 92.5 Å². The van der Waals surface area contributed by atoms with Crippen LogP contribution in [0.4, 0.5) is 0 Å². The predicted octanol–water partition coefficient (Wildman–Crippen LogP) is 13.2. The minimum absolute atomic E-state index is 0.902. The monoisotopic (exact) mass is 594 g/mol. The van der Waals surface area contributed by atoms with E-state index in [0.717, 1.165) is 17.1 Å². The van der Waals surface area contributed by atoms with Crippen LogP contribution in [0.5, 0.6) is 11.5 Å². The van der Waals surface area contributed by atoms with Crippen molar-refractivity contribution in [1.82, 2.24) is 0 Å². The lowest BCUT2D eigenvalue weighted by Gasteiger charge is -2.23. The number of hydrogen-bond donors (Lipinski definition) is 0. The summed E-state index contributed by atoms with van der Waals surface area (Å²) in [4.78, 5) is 0. The summed E-state index contributed by atoms with van der Waals surface area (Å²) in [6.07, 6.45) is 0. The molecule has 0 saturated heterocycles. The number of ether oxygens (including phenoxy) is 1. The predicted molar refractivity (Wildman–Crippen MR) is 199 cm³/mol. The molecular weight excluding hydrogens is 569 g/mol. The van der Waals surface area contributed by atoms with E-state index in [2.05, 4.69) is 158 Å². The molecule has 0 saturated carbocycles. The summed E-state index contributed by atoms with van der Waals surface area (Å²) in [5.41, 5.74) is 7.27. The molecule has 1 aliphatic rings. The fraction of sp³-hybridized carbons (Fsp3) is 0. The molecule has 0 aromatic heterocycles. The van der Waals surface area contributed by atoms with Crippen molar-refractivity contribution < 1.29 is 4.74 Å². The molecule has 1 heteroatoms. The number of rotatable bonds is 2. The molecule has 0 radical (unpaired) electrons. The van der Waals surface area contributed by atoms with Crippen LogP contribution < -0.4 is 4.74 Å². The van der Waals surface area contributed by atoms with Crippen LogP contribution in [-0.2, 0) is 0 Å². The van der Waals surface area contributed by atoms with Gasteiger partial charge >= 0.3 is 0 Å². The van der Waals surface area contributed by atoms with E-state index >= 15 is 0 Å². The third kappa shape index (κ3) is 3.49. The molecule has 11 rings (SSSR count). The molecule has 1 heterocycles. The van der Waals surface area contributed by atoms with Gasteiger partial charge in [-0.1, -0.05) is 133 Å². The van der Waals surface area contributed by atoms with Crippen LogP contribution in [0.25, 0.3) is 98.0 Å². The van der Waals surface area contributed by atoms with Crippen LogP contribution in [0, 0.1) is 0 Å². The van der Waals surface area contributed by atoms with E-state index in [-0.39, 0.29) is 0 Å². The Bertz CT molecular complexity index is 2910. The maximum absolute atomic E-state index is 6.59. The van der Waals surface area contributed by atoms with Gasteiger partial charge in [-0.15, -0.1) is 0 Å². The van der Waals surface area contributed by atoms with Crippen LogP contribution in [0.2, 0.25) is 0 Å². The second-order valence-electron chi connectivity index (χ2n) is 12.8. The van der Waals surface area contributed by atoms with Gasteiger partial charge in [-0.2, -0.15) is 0 Å². The first kappa shape index (κ1) is 25.1. The topological polar surface area (TPSA) is 9.23 Å². The van der Waals surface area contributed by atoms with Gasteiger partial charge in [-0.3, -0.25) is 0 Å². The molecule has 0 fully saturated rings. The van der Waals surface area contributed by atoms with Crippen molar-refractivity contribution in [2.75, 3.05) is 0 Å². The SMILES string of the molecule is c1cc(-c2ccc3ccc4cccc5ccc2c3c45)c2cc(-c3ccc4c(c3)-c3cccc5c3c(cc3ccccc35)O4)ccc2c1. The number of fused-ring (bicyclic) bond motifs is 5. The Balaban J connectivity index is 1.10. The average molecular weight is 595 g/mol. The first-order valence-electron chi connectivity index (χ1n) is 16.3. The highest BCUT2D eigenvalue weighted by Crippen LogP contribution is 2.50. The minimum Gasteiger partial charge on any atom is -0.456 e. The molecular formula is C46H26O. The van der Waals surface area contributed by atoms with Gasteiger partial charge in [0.15, 0.2) is 0 Å². The van der Waals surface area contributed by atoms with Gasteiger partial charge in [0.2, 0.25) is 0 Å². The van der Waals surface area contributed by atoms with E-state index < -0.39 is 0 Å². The maximum Gasteiger partial charge on any atom is 0.136 e. The summed E-state index contributed by atoms with van der Waals surface area (Å²) in [6, 6.07) is 57.9. The summed E-state index contributed by atoms with van der Waals surface area (Å²) in [5, 5.41) is 15.2. The lowest BCUT2D eigenvalue weighted by molar-refractivity contribution is 0.488. The minimum atomic E-state index is 0.902. The van der Waals surface area contributed by atoms with Crippen LogP contribution in [0.15, 0.2) is 158 Å². The molecule has 0 spiro atoms. The summed E-state index contributed by atoms with van der Waals surface area (Å²) < 4.78 is 6.59. The molecule has 1 aliphatic heterocycles. The maximum atomic E-state index is 6.59. The van der Waals surface area contributed by atoms with E-state index in [1.54, 1.807) is 0 Å². The molecule has 0 atom stereocenters. The number of hydrogen-bond acceptors (Lipinski definition) is 1. The first-order chi connectivity index (χ1) is 23.3. The van der Waals surface area contributed by atoms with E-state index in [0.29, 0.717) is 0 Å². The molecule has 10 aromatic carbocycles. The summed E-state index contributed by atoms with van der Waals surface area (Å²) in [6.45, 7) is 0. The zero-order valence-electron chi connectivity index (χ0n) is 25.4. The first-order valence-corrected chi connectivity index (χ1v) is 16.3. The van der Waals surface area contributed by atoms with Gasteiger partial charge in [-0.05, 0) is 111 Å². The molecule has 0 N–H and O–H groups in total. The smallest absolute Gasteiger partial charge is 0.136 e. The van der Waals surface area contributed by atoms with Gasteiger partial charge in [0.25, 0.3) is 0 Å². The zero-order chi connectivity index (χ0) is 30.6. The third-order valence-electron chi connectivity index (χ3n) is 10.4. The van der Waals surface area contributed by atoms with Gasteiger partial charge in [0.1, 0.15) is 11.5 Å². The zero-order valence-corrected chi connectivity index (χ0v) is 25.4. The highest BCUT2D eigenvalue weighted by molar-refractivity contribution is 6.26. The van der Waals surface area contributed by atoms with Crippen LogP contribution in [-0.4, -0.2) is 0 Å². The molecule has 1 nitrogen and oxygen atoms in total. The van der Waals surface area contributed by atoms with E-state index in [9.17, 15) is 0 Å². The van der Waals surface area contributed by atoms with Crippen LogP contribution >= 0.6 is 0 Å². The lowest BCUT2D eigenvalue weighted by atomic mass is 9.87. The highest BCUT2D eigenvalue weighted by atomic mass is 16.5. The van der Waals surface area contributed by atoms with Crippen molar-refractivity contribution in [3.05, 3.63) is 158 Å². The quantitative estimate of drug-likeness (QED) is 0.181. The van der Waals surface area contributed by atoms with Gasteiger partial charge in [0.05, 0.1) is 0 Å². The number of benzene rings is 10. The Kier molecular flexibility index (Phi) is 4.90. The summed E-state index contributed by atoms with van der Waals surface area (Å²) in [5.74, 6) is 1.83. The lowest BCUT2D eigenvalue weighted by Crippen LogP contribution is -1.98.